The molecule has 2 nitrogen and oxygen atoms in total. The van der Waals surface area contributed by atoms with Crippen LogP contribution in [-0.4, -0.2) is 18.3 Å². The third-order valence-electron chi connectivity index (χ3n) is 2.19. The summed E-state index contributed by atoms with van der Waals surface area (Å²) in [6.45, 7) is 2.48. The summed E-state index contributed by atoms with van der Waals surface area (Å²) in [6.07, 6.45) is -0.251. The molecule has 0 amide bonds. The van der Waals surface area contributed by atoms with E-state index in [2.05, 4.69) is 5.32 Å². The molecule has 0 aliphatic carbocycles. The minimum absolute atomic E-state index is 0.0774. The Kier molecular flexibility index (Phi) is 3.99. The van der Waals surface area contributed by atoms with Crippen LogP contribution in [0.3, 0.4) is 0 Å². The third-order valence-corrected chi connectivity index (χ3v) is 2.19. The highest BCUT2D eigenvalue weighted by molar-refractivity contribution is 5.99. The van der Waals surface area contributed by atoms with Crippen LogP contribution in [0.15, 0.2) is 24.3 Å². The van der Waals surface area contributed by atoms with Crippen LogP contribution < -0.4 is 5.32 Å². The monoisotopic (exact) mass is 227 g/mol. The minimum atomic E-state index is -2.68. The predicted molar refractivity (Wildman–Crippen MR) is 60.2 cm³/mol. The molecular formula is C12H15F2NO. The van der Waals surface area contributed by atoms with Crippen LogP contribution in [0.5, 0.6) is 0 Å². The Labute approximate surface area is 93.7 Å². The zero-order valence-corrected chi connectivity index (χ0v) is 9.39. The number of alkyl halides is 2. The molecule has 0 unspecified atom stereocenters. The SMILES string of the molecule is CC(=O)c1ccccc1NCCC(C)(F)F. The number of para-hydroxylation sites is 1. The van der Waals surface area contributed by atoms with Gasteiger partial charge in [-0.2, -0.15) is 0 Å². The third kappa shape index (κ3) is 3.96. The highest BCUT2D eigenvalue weighted by atomic mass is 19.3. The van der Waals surface area contributed by atoms with Crippen molar-refractivity contribution in [2.24, 2.45) is 0 Å². The van der Waals surface area contributed by atoms with E-state index in [1.807, 2.05) is 0 Å². The molecule has 0 spiro atoms. The summed E-state index contributed by atoms with van der Waals surface area (Å²) >= 11 is 0. The average molecular weight is 227 g/mol. The van der Waals surface area contributed by atoms with E-state index >= 15 is 0 Å². The minimum Gasteiger partial charge on any atom is -0.384 e. The topological polar surface area (TPSA) is 29.1 Å². The lowest BCUT2D eigenvalue weighted by atomic mass is 10.1. The first-order valence-electron chi connectivity index (χ1n) is 5.12. The zero-order valence-electron chi connectivity index (χ0n) is 9.39. The number of ketones is 1. The van der Waals surface area contributed by atoms with Crippen molar-refractivity contribution in [1.82, 2.24) is 0 Å². The largest absolute Gasteiger partial charge is 0.384 e. The van der Waals surface area contributed by atoms with Crippen LogP contribution in [-0.2, 0) is 0 Å². The summed E-state index contributed by atoms with van der Waals surface area (Å²) in [4.78, 5) is 11.2. The molecule has 1 rings (SSSR count). The van der Waals surface area contributed by atoms with Gasteiger partial charge in [0.1, 0.15) is 0 Å². The van der Waals surface area contributed by atoms with Gasteiger partial charge in [-0.05, 0) is 26.0 Å². The number of anilines is 1. The number of Topliss-reactive ketones (excluding diaryl/α,β-unsaturated/α-hetero) is 1. The van der Waals surface area contributed by atoms with E-state index in [1.165, 1.54) is 6.92 Å². The van der Waals surface area contributed by atoms with E-state index in [-0.39, 0.29) is 18.7 Å². The lowest BCUT2D eigenvalue weighted by Gasteiger charge is -2.13. The Morgan fingerprint density at radius 3 is 2.56 bits per heavy atom. The fourth-order valence-corrected chi connectivity index (χ4v) is 1.36. The highest BCUT2D eigenvalue weighted by Gasteiger charge is 2.20. The summed E-state index contributed by atoms with van der Waals surface area (Å²) in [5.74, 6) is -2.76. The van der Waals surface area contributed by atoms with Gasteiger partial charge in [0.15, 0.2) is 5.78 Å². The van der Waals surface area contributed by atoms with E-state index in [4.69, 9.17) is 0 Å². The summed E-state index contributed by atoms with van der Waals surface area (Å²) < 4.78 is 25.2. The van der Waals surface area contributed by atoms with Crippen molar-refractivity contribution in [2.75, 3.05) is 11.9 Å². The summed E-state index contributed by atoms with van der Waals surface area (Å²) in [6, 6.07) is 6.90. The van der Waals surface area contributed by atoms with Crippen LogP contribution >= 0.6 is 0 Å². The van der Waals surface area contributed by atoms with Gasteiger partial charge >= 0.3 is 0 Å². The van der Waals surface area contributed by atoms with Gasteiger partial charge in [-0.15, -0.1) is 0 Å². The number of benzene rings is 1. The Bertz CT molecular complexity index is 372. The standard InChI is InChI=1S/C12H15F2NO/c1-9(16)10-5-3-4-6-11(10)15-8-7-12(2,13)14/h3-6,15H,7-8H2,1-2H3. The highest BCUT2D eigenvalue weighted by Crippen LogP contribution is 2.19. The second kappa shape index (κ2) is 5.05. The Morgan fingerprint density at radius 1 is 1.38 bits per heavy atom. The Balaban J connectivity index is 2.64. The molecule has 0 atom stereocenters. The fourth-order valence-electron chi connectivity index (χ4n) is 1.36. The summed E-state index contributed by atoms with van der Waals surface area (Å²) in [7, 11) is 0. The summed E-state index contributed by atoms with van der Waals surface area (Å²) in [5.41, 5.74) is 1.14. The molecule has 1 aromatic carbocycles. The molecule has 1 aromatic rings. The van der Waals surface area contributed by atoms with E-state index in [1.54, 1.807) is 24.3 Å². The number of nitrogens with one attached hydrogen (secondary N) is 1. The second-order valence-electron chi connectivity index (χ2n) is 3.85. The number of rotatable bonds is 5. The van der Waals surface area contributed by atoms with Gasteiger partial charge in [-0.1, -0.05) is 12.1 Å². The molecule has 4 heteroatoms. The molecule has 0 aliphatic heterocycles. The molecule has 88 valence electrons. The average Bonchev–Trinajstić information content (AvgIpc) is 2.16. The summed E-state index contributed by atoms with van der Waals surface area (Å²) in [5, 5.41) is 2.85. The molecule has 0 saturated carbocycles. The van der Waals surface area contributed by atoms with E-state index in [0.717, 1.165) is 6.92 Å². The maximum atomic E-state index is 12.6. The first kappa shape index (κ1) is 12.6. The van der Waals surface area contributed by atoms with E-state index in [0.29, 0.717) is 11.3 Å². The quantitative estimate of drug-likeness (QED) is 0.781. The van der Waals surface area contributed by atoms with E-state index < -0.39 is 5.92 Å². The van der Waals surface area contributed by atoms with Gasteiger partial charge in [-0.25, -0.2) is 8.78 Å². The van der Waals surface area contributed by atoms with Crippen LogP contribution in [0.1, 0.15) is 30.6 Å². The molecule has 0 bridgehead atoms. The first-order valence-corrected chi connectivity index (χ1v) is 5.12. The molecule has 16 heavy (non-hydrogen) atoms. The molecule has 1 N–H and O–H groups in total. The Hall–Kier alpha value is -1.45. The zero-order chi connectivity index (χ0) is 12.2. The van der Waals surface area contributed by atoms with Crippen molar-refractivity contribution in [3.63, 3.8) is 0 Å². The van der Waals surface area contributed by atoms with E-state index in [9.17, 15) is 13.6 Å². The van der Waals surface area contributed by atoms with Gasteiger partial charge in [0.2, 0.25) is 5.92 Å². The van der Waals surface area contributed by atoms with Crippen molar-refractivity contribution in [3.8, 4) is 0 Å². The lowest BCUT2D eigenvalue weighted by Crippen LogP contribution is -2.16. The Morgan fingerprint density at radius 2 is 2.00 bits per heavy atom. The number of carbonyl (C=O) groups is 1. The van der Waals surface area contributed by atoms with Gasteiger partial charge in [0.25, 0.3) is 0 Å². The van der Waals surface area contributed by atoms with Crippen LogP contribution in [0.25, 0.3) is 0 Å². The first-order chi connectivity index (χ1) is 7.40. The molecule has 0 fully saturated rings. The normalized spacial score (nSPS) is 11.2. The van der Waals surface area contributed by atoms with Crippen molar-refractivity contribution in [2.45, 2.75) is 26.2 Å². The van der Waals surface area contributed by atoms with Crippen LogP contribution in [0.2, 0.25) is 0 Å². The predicted octanol–water partition coefficient (Wildman–Crippen LogP) is 3.35. The van der Waals surface area contributed by atoms with Crippen molar-refractivity contribution < 1.29 is 13.6 Å². The molecule has 0 aromatic heterocycles. The molecular weight excluding hydrogens is 212 g/mol. The maximum absolute atomic E-state index is 12.6. The van der Waals surface area contributed by atoms with Gasteiger partial charge in [0, 0.05) is 24.2 Å². The van der Waals surface area contributed by atoms with Crippen molar-refractivity contribution >= 4 is 11.5 Å². The van der Waals surface area contributed by atoms with Crippen molar-refractivity contribution in [1.29, 1.82) is 0 Å². The maximum Gasteiger partial charge on any atom is 0.247 e. The second-order valence-corrected chi connectivity index (χ2v) is 3.85. The molecule has 0 aliphatic rings. The van der Waals surface area contributed by atoms with Crippen LogP contribution in [0.4, 0.5) is 14.5 Å². The molecule has 0 radical (unpaired) electrons. The molecule has 0 heterocycles. The lowest BCUT2D eigenvalue weighted by molar-refractivity contribution is 0.0167. The van der Waals surface area contributed by atoms with Crippen molar-refractivity contribution in [3.05, 3.63) is 29.8 Å². The number of carbonyl (C=O) groups excluding carboxylic acids is 1. The number of hydrogen-bond donors (Lipinski definition) is 1. The van der Waals surface area contributed by atoms with Gasteiger partial charge in [-0.3, -0.25) is 4.79 Å². The molecule has 0 saturated heterocycles. The number of halogens is 2. The van der Waals surface area contributed by atoms with Crippen LogP contribution in [0, 0.1) is 0 Å². The number of hydrogen-bond acceptors (Lipinski definition) is 2. The smallest absolute Gasteiger partial charge is 0.247 e. The van der Waals surface area contributed by atoms with Gasteiger partial charge in [0.05, 0.1) is 0 Å². The fraction of sp³-hybridized carbons (Fsp3) is 0.417. The van der Waals surface area contributed by atoms with Gasteiger partial charge < -0.3 is 5.32 Å².